The quantitative estimate of drug-likeness (QED) is 0.352. The van der Waals surface area contributed by atoms with E-state index in [1.54, 1.807) is 0 Å². The maximum atomic E-state index is 12.5. The first-order valence-electron chi connectivity index (χ1n) is 5.40. The normalized spacial score (nSPS) is 10.6. The number of hydrogen-bond donors (Lipinski definition) is 1. The van der Waals surface area contributed by atoms with E-state index in [0.29, 0.717) is 20.2 Å². The zero-order chi connectivity index (χ0) is 15.7. The Hall–Kier alpha value is 0.790. The van der Waals surface area contributed by atoms with Crippen molar-refractivity contribution in [1.82, 2.24) is 0 Å². The van der Waals surface area contributed by atoms with E-state index >= 15 is 0 Å². The molecule has 0 spiro atoms. The minimum absolute atomic E-state index is 0.218. The van der Waals surface area contributed by atoms with E-state index in [1.165, 1.54) is 0 Å². The first-order chi connectivity index (χ1) is 9.79. The molecule has 0 aliphatic rings. The maximum absolute atomic E-state index is 12.5. The predicted molar refractivity (Wildman–Crippen MR) is 107 cm³/mol. The fraction of sp³-hybridized carbons (Fsp3) is 0. The van der Waals surface area contributed by atoms with Crippen molar-refractivity contribution in [1.29, 1.82) is 0 Å². The van der Waals surface area contributed by atoms with Gasteiger partial charge in [0.2, 0.25) is 0 Å². The van der Waals surface area contributed by atoms with Crippen LogP contribution in [-0.4, -0.2) is 5.91 Å². The Labute approximate surface area is 172 Å². The molecule has 0 aliphatic heterocycles. The third-order valence-corrected chi connectivity index (χ3v) is 5.90. The van der Waals surface area contributed by atoms with Crippen molar-refractivity contribution in [3.05, 3.63) is 56.7 Å². The van der Waals surface area contributed by atoms with Crippen LogP contribution in [0.5, 0.6) is 0 Å². The molecule has 110 valence electrons. The van der Waals surface area contributed by atoms with Crippen LogP contribution < -0.4 is 5.32 Å². The predicted octanol–water partition coefficient (Wildman–Crippen LogP) is 7.51. The van der Waals surface area contributed by atoms with Gasteiger partial charge in [0.25, 0.3) is 5.91 Å². The Morgan fingerprint density at radius 3 is 1.52 bits per heavy atom. The summed E-state index contributed by atoms with van der Waals surface area (Å²) in [5, 5.41) is 2.89. The Bertz CT molecular complexity index is 685. The highest BCUT2D eigenvalue weighted by molar-refractivity contribution is 9.12. The van der Waals surface area contributed by atoms with E-state index in [9.17, 15) is 4.79 Å². The number of benzene rings is 2. The van der Waals surface area contributed by atoms with Gasteiger partial charge in [-0.15, -0.1) is 0 Å². The van der Waals surface area contributed by atoms with Gasteiger partial charge in [0.15, 0.2) is 0 Å². The zero-order valence-corrected chi connectivity index (χ0v) is 19.5. The second-order valence-electron chi connectivity index (χ2n) is 3.94. The molecule has 2 aromatic carbocycles. The van der Waals surface area contributed by atoms with Gasteiger partial charge in [-0.05, 0) is 88.0 Å². The third kappa shape index (κ3) is 4.41. The fourth-order valence-electron chi connectivity index (χ4n) is 1.60. The second-order valence-corrected chi connectivity index (χ2v) is 9.19. The molecule has 0 unspecified atom stereocenters. The van der Waals surface area contributed by atoms with Crippen LogP contribution >= 0.6 is 95.6 Å². The van der Waals surface area contributed by atoms with Crippen molar-refractivity contribution in [2.45, 2.75) is 0 Å². The molecule has 21 heavy (non-hydrogen) atoms. The summed E-state index contributed by atoms with van der Waals surface area (Å²) in [6, 6.07) is 7.38. The molecule has 0 atom stereocenters. The first kappa shape index (κ1) is 18.1. The van der Waals surface area contributed by atoms with Gasteiger partial charge in [0, 0.05) is 26.8 Å². The monoisotopic (exact) mass is 665 g/mol. The summed E-state index contributed by atoms with van der Waals surface area (Å²) in [4.78, 5) is 12.5. The third-order valence-electron chi connectivity index (χ3n) is 2.48. The summed E-state index contributed by atoms with van der Waals surface area (Å²) in [5.74, 6) is -0.218. The smallest absolute Gasteiger partial charge is 0.258 e. The van der Waals surface area contributed by atoms with E-state index in [0.717, 1.165) is 17.9 Å². The van der Waals surface area contributed by atoms with Gasteiger partial charge in [-0.2, -0.15) is 0 Å². The molecule has 0 aromatic heterocycles. The average molecular weight is 671 g/mol. The van der Waals surface area contributed by atoms with Crippen molar-refractivity contribution in [2.24, 2.45) is 0 Å². The van der Waals surface area contributed by atoms with E-state index < -0.39 is 0 Å². The molecule has 2 aromatic rings. The molecule has 1 N–H and O–H groups in total. The van der Waals surface area contributed by atoms with Crippen LogP contribution in [0.25, 0.3) is 0 Å². The molecule has 0 bridgehead atoms. The first-order valence-corrected chi connectivity index (χ1v) is 10.2. The van der Waals surface area contributed by atoms with Crippen LogP contribution in [0.1, 0.15) is 10.4 Å². The van der Waals surface area contributed by atoms with Crippen LogP contribution in [0.3, 0.4) is 0 Å². The van der Waals surface area contributed by atoms with Gasteiger partial charge >= 0.3 is 0 Å². The highest BCUT2D eigenvalue weighted by Gasteiger charge is 2.18. The largest absolute Gasteiger partial charge is 0.320 e. The Morgan fingerprint density at radius 1 is 0.714 bits per heavy atom. The van der Waals surface area contributed by atoms with Crippen LogP contribution in [0.4, 0.5) is 5.69 Å². The fourth-order valence-corrected chi connectivity index (χ4v) is 6.67. The lowest BCUT2D eigenvalue weighted by molar-refractivity contribution is 0.102. The second kappa shape index (κ2) is 7.57. The molecule has 0 fully saturated rings. The van der Waals surface area contributed by atoms with Gasteiger partial charge in [0.05, 0.1) is 11.3 Å². The van der Waals surface area contributed by atoms with E-state index in [1.807, 2.05) is 24.3 Å². The van der Waals surface area contributed by atoms with Gasteiger partial charge in [-0.1, -0.05) is 31.9 Å². The molecule has 2 nitrogen and oxygen atoms in total. The minimum atomic E-state index is -0.218. The Morgan fingerprint density at radius 2 is 1.10 bits per heavy atom. The number of rotatable bonds is 2. The molecular formula is C13H5Br6NO. The summed E-state index contributed by atoms with van der Waals surface area (Å²) in [7, 11) is 0. The number of nitrogens with one attached hydrogen (secondary N) is 1. The molecule has 2 rings (SSSR count). The van der Waals surface area contributed by atoms with Crippen LogP contribution in [0.15, 0.2) is 51.1 Å². The number of hydrogen-bond acceptors (Lipinski definition) is 1. The lowest BCUT2D eigenvalue weighted by Crippen LogP contribution is -2.14. The minimum Gasteiger partial charge on any atom is -0.320 e. The molecule has 8 heteroatoms. The summed E-state index contributed by atoms with van der Waals surface area (Å²) in [6.45, 7) is 0. The van der Waals surface area contributed by atoms with E-state index in [-0.39, 0.29) is 5.91 Å². The Kier molecular flexibility index (Phi) is 6.54. The lowest BCUT2D eigenvalue weighted by atomic mass is 10.2. The van der Waals surface area contributed by atoms with Crippen molar-refractivity contribution in [3.63, 3.8) is 0 Å². The topological polar surface area (TPSA) is 29.1 Å². The summed E-state index contributed by atoms with van der Waals surface area (Å²) < 4.78 is 4.74. The maximum Gasteiger partial charge on any atom is 0.258 e. The molecular weight excluding hydrogens is 666 g/mol. The van der Waals surface area contributed by atoms with E-state index in [4.69, 9.17) is 0 Å². The summed E-state index contributed by atoms with van der Waals surface area (Å²) >= 11 is 20.5. The van der Waals surface area contributed by atoms with Gasteiger partial charge < -0.3 is 5.32 Å². The lowest BCUT2D eigenvalue weighted by Gasteiger charge is -2.12. The van der Waals surface area contributed by atoms with Gasteiger partial charge in [-0.3, -0.25) is 4.79 Å². The van der Waals surface area contributed by atoms with Crippen molar-refractivity contribution in [3.8, 4) is 0 Å². The average Bonchev–Trinajstić information content (AvgIpc) is 2.32. The van der Waals surface area contributed by atoms with E-state index in [2.05, 4.69) is 101 Å². The Balaban J connectivity index is 2.40. The number of anilines is 1. The number of halogens is 6. The number of carbonyl (C=O) groups excluding carboxylic acids is 1. The van der Waals surface area contributed by atoms with Crippen molar-refractivity contribution >= 4 is 107 Å². The molecule has 0 saturated heterocycles. The van der Waals surface area contributed by atoms with Crippen LogP contribution in [0.2, 0.25) is 0 Å². The SMILES string of the molecule is O=C(Nc1c(Br)cc(Br)cc1Br)c1c(Br)cc(Br)cc1Br. The molecule has 1 amide bonds. The highest BCUT2D eigenvalue weighted by Crippen LogP contribution is 2.36. The summed E-state index contributed by atoms with van der Waals surface area (Å²) in [5.41, 5.74) is 1.20. The van der Waals surface area contributed by atoms with Gasteiger partial charge in [0.1, 0.15) is 0 Å². The highest BCUT2D eigenvalue weighted by atomic mass is 79.9. The van der Waals surface area contributed by atoms with Crippen LogP contribution in [-0.2, 0) is 0 Å². The summed E-state index contributed by atoms with van der Waals surface area (Å²) in [6.07, 6.45) is 0. The van der Waals surface area contributed by atoms with Crippen molar-refractivity contribution in [2.75, 3.05) is 5.32 Å². The molecule has 0 aliphatic carbocycles. The number of amides is 1. The molecule has 0 heterocycles. The standard InChI is InChI=1S/C13H5Br6NO/c14-5-1-7(16)11(8(17)2-5)13(21)20-12-9(18)3-6(15)4-10(12)19/h1-4H,(H,20,21). The molecule has 0 saturated carbocycles. The van der Waals surface area contributed by atoms with Crippen molar-refractivity contribution < 1.29 is 4.79 Å². The van der Waals surface area contributed by atoms with Gasteiger partial charge in [-0.25, -0.2) is 0 Å². The number of carbonyl (C=O) groups is 1. The van der Waals surface area contributed by atoms with Crippen LogP contribution in [0, 0.1) is 0 Å². The molecule has 0 radical (unpaired) electrons. The zero-order valence-electron chi connectivity index (χ0n) is 9.99.